The van der Waals surface area contributed by atoms with E-state index in [2.05, 4.69) is 26.3 Å². The number of unbranched alkanes of at least 4 members (excludes halogenated alkanes) is 1. The van der Waals surface area contributed by atoms with Gasteiger partial charge >= 0.3 is 6.09 Å². The van der Waals surface area contributed by atoms with Gasteiger partial charge in [0.05, 0.1) is 40.8 Å². The Morgan fingerprint density at radius 2 is 1.62 bits per heavy atom. The van der Waals surface area contributed by atoms with E-state index in [9.17, 15) is 43.5 Å². The lowest BCUT2D eigenvalue weighted by molar-refractivity contribution is -0.145. The Balaban J connectivity index is 1.02. The largest absolute Gasteiger partial charge is 0.488 e. The van der Waals surface area contributed by atoms with Crippen LogP contribution < -0.4 is 31.7 Å². The van der Waals surface area contributed by atoms with Crippen LogP contribution in [0.25, 0.3) is 10.4 Å². The molecule has 0 unspecified atom stereocenters. The second kappa shape index (κ2) is 26.3. The number of halogens is 1. The fraction of sp³-hybridized carbons (Fsp3) is 0.589. The highest BCUT2D eigenvalue weighted by Gasteiger charge is 2.47. The summed E-state index contributed by atoms with van der Waals surface area (Å²) in [6.07, 6.45) is 0.314. The number of hydrogen-bond acceptors (Lipinski definition) is 13. The molecule has 4 heterocycles. The number of likely N-dealkylation sites (tertiary alicyclic amines) is 1. The maximum Gasteiger partial charge on any atom is 0.408 e. The number of carbonyl (C=O) groups is 8. The number of alkyl carbamates (subject to hydrolysis) is 1. The molecule has 1 aromatic heterocycles. The van der Waals surface area contributed by atoms with E-state index in [4.69, 9.17) is 15.2 Å². The van der Waals surface area contributed by atoms with E-state index in [1.54, 1.807) is 70.5 Å². The first kappa shape index (κ1) is 60.5. The zero-order valence-corrected chi connectivity index (χ0v) is 47.1. The predicted molar refractivity (Wildman–Crippen MR) is 290 cm³/mol. The third kappa shape index (κ3) is 16.2. The average Bonchev–Trinajstić information content (AvgIpc) is 4.13. The van der Waals surface area contributed by atoms with Crippen LogP contribution >= 0.6 is 11.3 Å². The smallest absolute Gasteiger partial charge is 0.408 e. The third-order valence-corrected chi connectivity index (χ3v) is 15.3. The zero-order valence-electron chi connectivity index (χ0n) is 46.3. The number of aryl methyl sites for hydroxylation is 2. The minimum Gasteiger partial charge on any atom is -0.488 e. The molecule has 0 bridgehead atoms. The van der Waals surface area contributed by atoms with Gasteiger partial charge in [0.2, 0.25) is 41.4 Å². The number of thiazole rings is 1. The normalized spacial score (nSPS) is 20.8. The Kier molecular flexibility index (Phi) is 20.4. The first-order valence-electron chi connectivity index (χ1n) is 26.9. The van der Waals surface area contributed by atoms with Crippen molar-refractivity contribution < 1.29 is 57.3 Å². The number of β-amino-alcohol motifs (C(OH)–C–C–N with tert-alkyl or cyclic N) is 1. The maximum absolute atomic E-state index is 16.1. The van der Waals surface area contributed by atoms with Crippen molar-refractivity contribution in [2.24, 2.45) is 11.1 Å². The van der Waals surface area contributed by atoms with Crippen molar-refractivity contribution in [3.8, 4) is 16.2 Å². The topological polar surface area (TPSA) is 272 Å². The number of carbonyl (C=O) groups excluding carboxylic acids is 8. The molecule has 0 radical (unpaired) electrons. The summed E-state index contributed by atoms with van der Waals surface area (Å²) in [5, 5.41) is 22.1. The summed E-state index contributed by atoms with van der Waals surface area (Å²) in [5.74, 6) is -4.04. The molecule has 3 aromatic rings. The van der Waals surface area contributed by atoms with E-state index in [0.29, 0.717) is 37.8 Å². The minimum absolute atomic E-state index is 0.0207. The molecule has 8 amide bonds. The molecule has 3 aliphatic heterocycles. The SMILES string of the molecule is CC(=O)N1CC[C@H]2CC[C@@H](C(=O)N[C@@H](CCC(N)=O)COc3cccc(CCCCC(=O)N[C@H](C(=O)N4C[C@H](O)C[C@H]4C(=O)N[C@@H](C)c4ccc(-c5scnc5C)cc4)C(C)(C)C)c3F)N2C(=O)[C@@H](NC(=O)OC(C)(C)C)C1. The number of aliphatic hydroxyl groups is 1. The molecule has 0 aliphatic carbocycles. The standard InChI is InChI=1S/C56H78FN9O11S/c1-32(35-17-19-37(20-18-35)48-33(2)59-31-78-48)60-51(72)43-27-40(68)28-65(43)53(74)49(55(4,5)6)63-46(70)16-11-10-13-36-14-12-15-44(47(36)57)76-30-38(21-24-45(58)69)61-50(71)42-23-22-39-25-26-64(34(3)67)29-41(52(73)66(39)42)62-54(75)77-56(7,8)9/h12,14-15,17-20,31-32,38-43,49,68H,10-11,13,16,21-30H2,1-9H3,(H2,58,69)(H,60,72)(H,61,71)(H,62,75)(H,63,70)/t32-,38-,39+,40+,41-,42-,43-,49+/m0/s1. The van der Waals surface area contributed by atoms with Crippen molar-refractivity contribution >= 4 is 58.8 Å². The zero-order chi connectivity index (χ0) is 57.2. The monoisotopic (exact) mass is 1100 g/mol. The van der Waals surface area contributed by atoms with E-state index in [-0.39, 0.29) is 69.9 Å². The number of aliphatic hydroxyl groups excluding tert-OH is 1. The minimum atomic E-state index is -1.20. The van der Waals surface area contributed by atoms with Gasteiger partial charge < -0.3 is 56.3 Å². The van der Waals surface area contributed by atoms with Crippen molar-refractivity contribution in [1.29, 1.82) is 0 Å². The predicted octanol–water partition coefficient (Wildman–Crippen LogP) is 4.97. The van der Waals surface area contributed by atoms with Gasteiger partial charge in [-0.25, -0.2) is 14.2 Å². The van der Waals surface area contributed by atoms with E-state index in [1.165, 1.54) is 27.7 Å². The van der Waals surface area contributed by atoms with Gasteiger partial charge in [0.25, 0.3) is 0 Å². The average molecular weight is 1100 g/mol. The van der Waals surface area contributed by atoms with Crippen LogP contribution in [-0.4, -0.2) is 146 Å². The highest BCUT2D eigenvalue weighted by molar-refractivity contribution is 7.13. The summed E-state index contributed by atoms with van der Waals surface area (Å²) in [6.45, 7) is 15.5. The molecular formula is C56H78FN9O11S. The van der Waals surface area contributed by atoms with Gasteiger partial charge in [-0.2, -0.15) is 0 Å². The number of amides is 8. The van der Waals surface area contributed by atoms with E-state index >= 15 is 4.39 Å². The Labute approximate surface area is 460 Å². The summed E-state index contributed by atoms with van der Waals surface area (Å²) in [5.41, 5.74) is 8.78. The number of rotatable bonds is 20. The number of hydrogen-bond donors (Lipinski definition) is 6. The van der Waals surface area contributed by atoms with E-state index in [1.807, 2.05) is 38.1 Å². The van der Waals surface area contributed by atoms with Gasteiger partial charge in [0, 0.05) is 45.3 Å². The Morgan fingerprint density at radius 3 is 2.26 bits per heavy atom. The summed E-state index contributed by atoms with van der Waals surface area (Å²) in [6, 6.07) is 6.69. The molecule has 20 nitrogen and oxygen atoms in total. The Morgan fingerprint density at radius 1 is 0.910 bits per heavy atom. The molecule has 0 saturated carbocycles. The summed E-state index contributed by atoms with van der Waals surface area (Å²) >= 11 is 1.55. The number of nitrogens with one attached hydrogen (secondary N) is 4. The van der Waals surface area contributed by atoms with Gasteiger partial charge in [0.1, 0.15) is 36.4 Å². The summed E-state index contributed by atoms with van der Waals surface area (Å²) in [7, 11) is 0. The lowest BCUT2D eigenvalue weighted by atomic mass is 9.85. The molecule has 426 valence electrons. The van der Waals surface area contributed by atoms with Gasteiger partial charge in [-0.15, -0.1) is 11.3 Å². The van der Waals surface area contributed by atoms with Gasteiger partial charge in [0.15, 0.2) is 11.6 Å². The lowest BCUT2D eigenvalue weighted by Gasteiger charge is -2.38. The lowest BCUT2D eigenvalue weighted by Crippen LogP contribution is -2.61. The van der Waals surface area contributed by atoms with Crippen molar-refractivity contribution in [3.63, 3.8) is 0 Å². The molecule has 6 rings (SSSR count). The number of aromatic nitrogens is 1. The van der Waals surface area contributed by atoms with Crippen LogP contribution in [0.5, 0.6) is 5.75 Å². The quantitative estimate of drug-likeness (QED) is 0.0819. The summed E-state index contributed by atoms with van der Waals surface area (Å²) < 4.78 is 27.4. The fourth-order valence-corrected chi connectivity index (χ4v) is 11.0. The number of fused-ring (bicyclic) bond motifs is 1. The van der Waals surface area contributed by atoms with Crippen LogP contribution in [0.4, 0.5) is 9.18 Å². The van der Waals surface area contributed by atoms with Gasteiger partial charge in [-0.1, -0.05) is 57.2 Å². The van der Waals surface area contributed by atoms with Crippen LogP contribution in [0.15, 0.2) is 48.0 Å². The molecule has 8 atom stereocenters. The molecule has 3 fully saturated rings. The highest BCUT2D eigenvalue weighted by atomic mass is 32.1. The first-order chi connectivity index (χ1) is 36.7. The molecule has 22 heteroatoms. The van der Waals surface area contributed by atoms with Crippen LogP contribution in [0.1, 0.15) is 136 Å². The first-order valence-corrected chi connectivity index (χ1v) is 27.7. The maximum atomic E-state index is 16.1. The van der Waals surface area contributed by atoms with Crippen LogP contribution in [0.3, 0.4) is 0 Å². The molecule has 3 saturated heterocycles. The number of benzene rings is 2. The van der Waals surface area contributed by atoms with Crippen molar-refractivity contribution in [2.45, 2.75) is 181 Å². The second-order valence-corrected chi connectivity index (χ2v) is 23.6. The number of primary amides is 1. The molecule has 7 N–H and O–H groups in total. The van der Waals surface area contributed by atoms with Gasteiger partial charge in [-0.05, 0) is 108 Å². The number of nitrogens with two attached hydrogens (primary N) is 1. The van der Waals surface area contributed by atoms with Crippen molar-refractivity contribution in [3.05, 3.63) is 70.6 Å². The van der Waals surface area contributed by atoms with Crippen LogP contribution in [0, 0.1) is 18.2 Å². The van der Waals surface area contributed by atoms with Crippen LogP contribution in [-0.2, 0) is 44.7 Å². The molecule has 2 aromatic carbocycles. The molecular weight excluding hydrogens is 1030 g/mol. The number of nitrogens with zero attached hydrogens (tertiary/aromatic N) is 4. The fourth-order valence-electron chi connectivity index (χ4n) is 10.2. The number of ether oxygens (including phenoxy) is 2. The van der Waals surface area contributed by atoms with E-state index in [0.717, 1.165) is 21.7 Å². The molecule has 78 heavy (non-hydrogen) atoms. The Bertz CT molecular complexity index is 2650. The van der Waals surface area contributed by atoms with Crippen molar-refractivity contribution in [2.75, 3.05) is 26.2 Å². The second-order valence-electron chi connectivity index (χ2n) is 22.8. The van der Waals surface area contributed by atoms with E-state index < -0.39 is 107 Å². The van der Waals surface area contributed by atoms with Crippen LogP contribution in [0.2, 0.25) is 0 Å². The Hall–Kier alpha value is -6.68. The summed E-state index contributed by atoms with van der Waals surface area (Å²) in [4.78, 5) is 117. The third-order valence-electron chi connectivity index (χ3n) is 14.4. The highest BCUT2D eigenvalue weighted by Crippen LogP contribution is 2.32. The molecule has 0 spiro atoms. The molecule has 3 aliphatic rings. The van der Waals surface area contributed by atoms with Crippen molar-refractivity contribution in [1.82, 2.24) is 41.0 Å². The van der Waals surface area contributed by atoms with Gasteiger partial charge in [-0.3, -0.25) is 33.6 Å².